The summed E-state index contributed by atoms with van der Waals surface area (Å²) in [6.07, 6.45) is 5.93. The third-order valence-corrected chi connectivity index (χ3v) is 4.44. The summed E-state index contributed by atoms with van der Waals surface area (Å²) in [7, 11) is 0. The van der Waals surface area contributed by atoms with Crippen LogP contribution in [0.25, 0.3) is 11.4 Å². The van der Waals surface area contributed by atoms with Gasteiger partial charge in [0.05, 0.1) is 11.8 Å². The number of carbonyl (C=O) groups is 1. The first kappa shape index (κ1) is 17.6. The second-order valence-electron chi connectivity index (χ2n) is 6.65. The first-order valence-electron chi connectivity index (χ1n) is 8.96. The van der Waals surface area contributed by atoms with Gasteiger partial charge in [0.25, 0.3) is 5.91 Å². The Bertz CT molecular complexity index is 684. The normalized spacial score (nSPS) is 17.9. The number of likely N-dealkylation sites (tertiary alicyclic amines) is 1. The third kappa shape index (κ3) is 4.45. The highest BCUT2D eigenvalue weighted by Crippen LogP contribution is 2.24. The van der Waals surface area contributed by atoms with Crippen LogP contribution in [-0.2, 0) is 4.74 Å². The van der Waals surface area contributed by atoms with Crippen molar-refractivity contribution in [3.63, 3.8) is 0 Å². The van der Waals surface area contributed by atoms with Gasteiger partial charge in [-0.05, 0) is 51.7 Å². The van der Waals surface area contributed by atoms with Crippen molar-refractivity contribution < 1.29 is 14.1 Å². The number of ether oxygens (including phenoxy) is 1. The molecule has 0 radical (unpaired) electrons. The molecular formula is C19H25N3O3. The second-order valence-corrected chi connectivity index (χ2v) is 6.65. The van der Waals surface area contributed by atoms with Crippen LogP contribution in [0.4, 0.5) is 0 Å². The zero-order chi connectivity index (χ0) is 17.6. The van der Waals surface area contributed by atoms with Gasteiger partial charge >= 0.3 is 0 Å². The van der Waals surface area contributed by atoms with Crippen molar-refractivity contribution in [2.75, 3.05) is 13.2 Å². The maximum Gasteiger partial charge on any atom is 0.292 e. The van der Waals surface area contributed by atoms with E-state index in [-0.39, 0.29) is 23.8 Å². The van der Waals surface area contributed by atoms with Crippen LogP contribution in [0, 0.1) is 0 Å². The molecule has 1 aliphatic rings. The molecule has 25 heavy (non-hydrogen) atoms. The summed E-state index contributed by atoms with van der Waals surface area (Å²) < 4.78 is 11.0. The van der Waals surface area contributed by atoms with Gasteiger partial charge in [-0.25, -0.2) is 0 Å². The Morgan fingerprint density at radius 1 is 1.36 bits per heavy atom. The SMILES string of the molecule is CC(C)OCC[C@H]1CCCCN1C(=O)c1cc(-c2ccccn2)no1. The number of hydrogen-bond donors (Lipinski definition) is 0. The highest BCUT2D eigenvalue weighted by Gasteiger charge is 2.29. The van der Waals surface area contributed by atoms with E-state index < -0.39 is 0 Å². The minimum Gasteiger partial charge on any atom is -0.379 e. The monoisotopic (exact) mass is 343 g/mol. The van der Waals surface area contributed by atoms with Crippen molar-refractivity contribution in [2.24, 2.45) is 0 Å². The van der Waals surface area contributed by atoms with Crippen LogP contribution < -0.4 is 0 Å². The molecule has 0 N–H and O–H groups in total. The number of nitrogens with zero attached hydrogens (tertiary/aromatic N) is 3. The molecule has 1 aliphatic heterocycles. The summed E-state index contributed by atoms with van der Waals surface area (Å²) in [5, 5.41) is 4.00. The van der Waals surface area contributed by atoms with Crippen molar-refractivity contribution in [3.8, 4) is 11.4 Å². The molecule has 3 heterocycles. The Hall–Kier alpha value is -2.21. The van der Waals surface area contributed by atoms with Crippen molar-refractivity contribution in [1.82, 2.24) is 15.0 Å². The summed E-state index contributed by atoms with van der Waals surface area (Å²) in [6.45, 7) is 5.47. The Morgan fingerprint density at radius 3 is 3.00 bits per heavy atom. The molecule has 2 aromatic heterocycles. The molecule has 3 rings (SSSR count). The average molecular weight is 343 g/mol. The van der Waals surface area contributed by atoms with Crippen LogP contribution in [0.1, 0.15) is 50.1 Å². The van der Waals surface area contributed by atoms with E-state index in [0.717, 1.165) is 32.2 Å². The molecular weight excluding hydrogens is 318 g/mol. The molecule has 1 atom stereocenters. The first-order chi connectivity index (χ1) is 12.1. The minimum atomic E-state index is -0.0936. The van der Waals surface area contributed by atoms with Gasteiger partial charge in [-0.2, -0.15) is 0 Å². The van der Waals surface area contributed by atoms with Crippen LogP contribution in [0.3, 0.4) is 0 Å². The maximum atomic E-state index is 12.9. The number of piperidine rings is 1. The minimum absolute atomic E-state index is 0.0936. The van der Waals surface area contributed by atoms with E-state index in [9.17, 15) is 4.79 Å². The topological polar surface area (TPSA) is 68.5 Å². The van der Waals surface area contributed by atoms with E-state index in [2.05, 4.69) is 10.1 Å². The van der Waals surface area contributed by atoms with Gasteiger partial charge in [0, 0.05) is 31.5 Å². The highest BCUT2D eigenvalue weighted by molar-refractivity contribution is 5.92. The molecule has 1 saturated heterocycles. The number of amides is 1. The number of carbonyl (C=O) groups excluding carboxylic acids is 1. The van der Waals surface area contributed by atoms with Crippen LogP contribution >= 0.6 is 0 Å². The summed E-state index contributed by atoms with van der Waals surface area (Å²) >= 11 is 0. The molecule has 1 fully saturated rings. The average Bonchev–Trinajstić information content (AvgIpc) is 3.12. The number of rotatable bonds is 6. The van der Waals surface area contributed by atoms with Crippen LogP contribution in [0.5, 0.6) is 0 Å². The Labute approximate surface area is 148 Å². The third-order valence-electron chi connectivity index (χ3n) is 4.44. The molecule has 0 saturated carbocycles. The van der Waals surface area contributed by atoms with Crippen LogP contribution in [-0.4, -0.2) is 46.2 Å². The van der Waals surface area contributed by atoms with Gasteiger partial charge in [-0.15, -0.1) is 0 Å². The van der Waals surface area contributed by atoms with Gasteiger partial charge in [-0.3, -0.25) is 9.78 Å². The lowest BCUT2D eigenvalue weighted by atomic mass is 9.99. The molecule has 0 bridgehead atoms. The molecule has 0 aliphatic carbocycles. The van der Waals surface area contributed by atoms with Gasteiger partial charge in [0.15, 0.2) is 0 Å². The van der Waals surface area contributed by atoms with Crippen molar-refractivity contribution in [1.29, 1.82) is 0 Å². The number of aromatic nitrogens is 2. The predicted molar refractivity (Wildman–Crippen MR) is 94.1 cm³/mol. The van der Waals surface area contributed by atoms with E-state index >= 15 is 0 Å². The lowest BCUT2D eigenvalue weighted by Gasteiger charge is -2.35. The summed E-state index contributed by atoms with van der Waals surface area (Å²) in [5.41, 5.74) is 1.28. The van der Waals surface area contributed by atoms with Crippen molar-refractivity contribution in [2.45, 2.75) is 51.7 Å². The highest BCUT2D eigenvalue weighted by atomic mass is 16.5. The molecule has 6 heteroatoms. The maximum absolute atomic E-state index is 12.9. The van der Waals surface area contributed by atoms with E-state index in [1.807, 2.05) is 36.9 Å². The quantitative estimate of drug-likeness (QED) is 0.802. The summed E-state index contributed by atoms with van der Waals surface area (Å²) in [4.78, 5) is 19.0. The van der Waals surface area contributed by atoms with Gasteiger partial charge in [-0.1, -0.05) is 11.2 Å². The van der Waals surface area contributed by atoms with E-state index in [1.165, 1.54) is 0 Å². The molecule has 0 unspecified atom stereocenters. The molecule has 6 nitrogen and oxygen atoms in total. The molecule has 0 aromatic carbocycles. The summed E-state index contributed by atoms with van der Waals surface area (Å²) in [5.74, 6) is 0.182. The first-order valence-corrected chi connectivity index (χ1v) is 8.96. The fourth-order valence-electron chi connectivity index (χ4n) is 3.16. The largest absolute Gasteiger partial charge is 0.379 e. The van der Waals surface area contributed by atoms with Gasteiger partial charge in [0.2, 0.25) is 5.76 Å². The van der Waals surface area contributed by atoms with Crippen molar-refractivity contribution >= 4 is 5.91 Å². The number of pyridine rings is 1. The van der Waals surface area contributed by atoms with E-state index in [1.54, 1.807) is 12.3 Å². The standard InChI is InChI=1S/C19H25N3O3/c1-14(2)24-12-9-15-7-4-6-11-22(15)19(23)18-13-17(21-25-18)16-8-3-5-10-20-16/h3,5,8,10,13-15H,4,6-7,9,11-12H2,1-2H3/t15-/m1/s1. The zero-order valence-corrected chi connectivity index (χ0v) is 14.9. The zero-order valence-electron chi connectivity index (χ0n) is 14.9. The Kier molecular flexibility index (Phi) is 5.81. The fraction of sp³-hybridized carbons (Fsp3) is 0.526. The summed E-state index contributed by atoms with van der Waals surface area (Å²) in [6, 6.07) is 7.45. The van der Waals surface area contributed by atoms with Crippen LogP contribution in [0.15, 0.2) is 35.0 Å². The fourth-order valence-corrected chi connectivity index (χ4v) is 3.16. The number of hydrogen-bond acceptors (Lipinski definition) is 5. The molecule has 1 amide bonds. The van der Waals surface area contributed by atoms with Gasteiger partial charge in [0.1, 0.15) is 5.69 Å². The van der Waals surface area contributed by atoms with Gasteiger partial charge < -0.3 is 14.2 Å². The predicted octanol–water partition coefficient (Wildman–Crippen LogP) is 3.55. The van der Waals surface area contributed by atoms with E-state index in [0.29, 0.717) is 18.0 Å². The van der Waals surface area contributed by atoms with E-state index in [4.69, 9.17) is 9.26 Å². The molecule has 2 aromatic rings. The lowest BCUT2D eigenvalue weighted by molar-refractivity contribution is 0.0374. The van der Waals surface area contributed by atoms with Crippen molar-refractivity contribution in [3.05, 3.63) is 36.2 Å². The second kappa shape index (κ2) is 8.25. The molecule has 134 valence electrons. The van der Waals surface area contributed by atoms with Crippen LogP contribution in [0.2, 0.25) is 0 Å². The Balaban J connectivity index is 1.69. The molecule has 0 spiro atoms. The lowest BCUT2D eigenvalue weighted by Crippen LogP contribution is -2.44. The Morgan fingerprint density at radius 2 is 2.24 bits per heavy atom. The smallest absolute Gasteiger partial charge is 0.292 e.